The van der Waals surface area contributed by atoms with E-state index >= 15 is 0 Å². The largest absolute Gasteiger partial charge is 0.481 e. The summed E-state index contributed by atoms with van der Waals surface area (Å²) >= 11 is 7.91. The highest BCUT2D eigenvalue weighted by molar-refractivity contribution is 7.99. The van der Waals surface area contributed by atoms with Crippen LogP contribution in [0.5, 0.6) is 5.75 Å². The molecule has 2 rings (SSSR count). The zero-order valence-electron chi connectivity index (χ0n) is 13.0. The van der Waals surface area contributed by atoms with E-state index in [0.29, 0.717) is 23.7 Å². The van der Waals surface area contributed by atoms with Gasteiger partial charge in [-0.05, 0) is 37.5 Å². The van der Waals surface area contributed by atoms with Crippen LogP contribution >= 0.6 is 23.4 Å². The van der Waals surface area contributed by atoms with E-state index in [9.17, 15) is 4.79 Å². The van der Waals surface area contributed by atoms with Gasteiger partial charge in [0.1, 0.15) is 5.75 Å². The third-order valence-corrected chi connectivity index (χ3v) is 5.41. The lowest BCUT2D eigenvalue weighted by Crippen LogP contribution is -2.39. The van der Waals surface area contributed by atoms with Crippen molar-refractivity contribution < 1.29 is 9.53 Å². The third kappa shape index (κ3) is 5.73. The molecule has 1 fully saturated rings. The Bertz CT molecular complexity index is 477. The Morgan fingerprint density at radius 3 is 2.91 bits per heavy atom. The van der Waals surface area contributed by atoms with Crippen molar-refractivity contribution in [2.24, 2.45) is 0 Å². The van der Waals surface area contributed by atoms with Crippen LogP contribution in [0, 0.1) is 0 Å². The van der Waals surface area contributed by atoms with Gasteiger partial charge >= 0.3 is 0 Å². The highest BCUT2D eigenvalue weighted by Crippen LogP contribution is 2.28. The molecule has 1 N–H and O–H groups in total. The number of carbonyl (C=O) groups excluding carboxylic acids is 1. The molecule has 1 aliphatic carbocycles. The number of halogens is 1. The zero-order valence-corrected chi connectivity index (χ0v) is 14.6. The number of hydrogen-bond donors (Lipinski definition) is 1. The van der Waals surface area contributed by atoms with Crippen LogP contribution in [0.4, 0.5) is 0 Å². The van der Waals surface area contributed by atoms with Crippen LogP contribution in [0.2, 0.25) is 5.02 Å². The summed E-state index contributed by atoms with van der Waals surface area (Å²) in [5.41, 5.74) is 0. The average Bonchev–Trinajstić information content (AvgIpc) is 3.02. The highest BCUT2D eigenvalue weighted by atomic mass is 35.5. The number of amides is 1. The lowest BCUT2D eigenvalue weighted by atomic mass is 10.2. The number of benzene rings is 1. The molecule has 0 heterocycles. The maximum atomic E-state index is 12.2. The lowest BCUT2D eigenvalue weighted by Gasteiger charge is -2.17. The van der Waals surface area contributed by atoms with E-state index in [1.165, 1.54) is 25.7 Å². The average molecular weight is 342 g/mol. The molecule has 0 bridgehead atoms. The molecular formula is C17H24ClNO2S. The number of hydrogen-bond acceptors (Lipinski definition) is 3. The van der Waals surface area contributed by atoms with Gasteiger partial charge in [0, 0.05) is 22.6 Å². The fourth-order valence-electron chi connectivity index (χ4n) is 2.60. The van der Waals surface area contributed by atoms with Crippen LogP contribution in [0.15, 0.2) is 24.3 Å². The summed E-state index contributed by atoms with van der Waals surface area (Å²) in [6.07, 6.45) is 5.54. The minimum atomic E-state index is -0.463. The third-order valence-electron chi connectivity index (χ3n) is 3.79. The van der Waals surface area contributed by atoms with E-state index in [4.69, 9.17) is 16.3 Å². The molecule has 1 aromatic carbocycles. The van der Waals surface area contributed by atoms with E-state index < -0.39 is 6.10 Å². The van der Waals surface area contributed by atoms with Crippen molar-refractivity contribution in [3.05, 3.63) is 29.3 Å². The van der Waals surface area contributed by atoms with Gasteiger partial charge in [0.25, 0.3) is 5.91 Å². The van der Waals surface area contributed by atoms with Crippen LogP contribution in [0.1, 0.15) is 39.0 Å². The molecule has 1 aromatic rings. The molecule has 122 valence electrons. The summed E-state index contributed by atoms with van der Waals surface area (Å²) in [5.74, 6) is 1.56. The smallest absolute Gasteiger partial charge is 0.261 e. The second-order valence-electron chi connectivity index (χ2n) is 5.54. The molecule has 22 heavy (non-hydrogen) atoms. The van der Waals surface area contributed by atoms with E-state index in [1.807, 2.05) is 30.8 Å². The first-order valence-corrected chi connectivity index (χ1v) is 9.43. The summed E-state index contributed by atoms with van der Waals surface area (Å²) in [6.45, 7) is 2.65. The normalized spacial score (nSPS) is 16.5. The minimum absolute atomic E-state index is 0.0468. The minimum Gasteiger partial charge on any atom is -0.481 e. The summed E-state index contributed by atoms with van der Waals surface area (Å²) in [5, 5.41) is 4.38. The fourth-order valence-corrected chi connectivity index (χ4v) is 4.00. The molecule has 0 radical (unpaired) electrons. The molecule has 0 saturated heterocycles. The highest BCUT2D eigenvalue weighted by Gasteiger charge is 2.19. The summed E-state index contributed by atoms with van der Waals surface area (Å²) in [6, 6.07) is 7.15. The Balaban J connectivity index is 1.71. The van der Waals surface area contributed by atoms with E-state index in [0.717, 1.165) is 11.0 Å². The fraction of sp³-hybridized carbons (Fsp3) is 0.588. The zero-order chi connectivity index (χ0) is 15.8. The van der Waals surface area contributed by atoms with E-state index in [-0.39, 0.29) is 5.91 Å². The summed E-state index contributed by atoms with van der Waals surface area (Å²) < 4.78 is 5.73. The molecule has 5 heteroatoms. The summed E-state index contributed by atoms with van der Waals surface area (Å²) in [4.78, 5) is 12.2. The second-order valence-corrected chi connectivity index (χ2v) is 7.39. The molecule has 1 saturated carbocycles. The standard InChI is InChI=1S/C17H24ClNO2S/c1-2-16(21-14-7-5-6-13(18)12-14)17(20)19-10-11-22-15-8-3-4-9-15/h5-7,12,15-16H,2-4,8-11H2,1H3,(H,19,20)/t16-/m1/s1. The monoisotopic (exact) mass is 341 g/mol. The molecule has 0 aliphatic heterocycles. The van der Waals surface area contributed by atoms with Gasteiger partial charge in [-0.15, -0.1) is 0 Å². The van der Waals surface area contributed by atoms with Crippen LogP contribution in [-0.4, -0.2) is 29.6 Å². The van der Waals surface area contributed by atoms with Crippen molar-refractivity contribution in [3.63, 3.8) is 0 Å². The molecule has 0 spiro atoms. The topological polar surface area (TPSA) is 38.3 Å². The van der Waals surface area contributed by atoms with Crippen LogP contribution in [0.25, 0.3) is 0 Å². The number of rotatable bonds is 8. The van der Waals surface area contributed by atoms with Crippen molar-refractivity contribution in [1.29, 1.82) is 0 Å². The molecule has 0 aromatic heterocycles. The Morgan fingerprint density at radius 2 is 2.23 bits per heavy atom. The predicted molar refractivity (Wildman–Crippen MR) is 93.9 cm³/mol. The molecular weight excluding hydrogens is 318 g/mol. The van der Waals surface area contributed by atoms with Crippen molar-refractivity contribution in [2.45, 2.75) is 50.4 Å². The molecule has 1 atom stereocenters. The number of nitrogens with one attached hydrogen (secondary N) is 1. The van der Waals surface area contributed by atoms with Gasteiger partial charge in [0.2, 0.25) is 0 Å². The van der Waals surface area contributed by atoms with Crippen molar-refractivity contribution in [1.82, 2.24) is 5.32 Å². The van der Waals surface area contributed by atoms with E-state index in [2.05, 4.69) is 5.32 Å². The number of thioether (sulfide) groups is 1. The van der Waals surface area contributed by atoms with Gasteiger partial charge in [-0.3, -0.25) is 4.79 Å². The van der Waals surface area contributed by atoms with Gasteiger partial charge in [0.05, 0.1) is 0 Å². The molecule has 1 amide bonds. The van der Waals surface area contributed by atoms with Crippen LogP contribution < -0.4 is 10.1 Å². The number of ether oxygens (including phenoxy) is 1. The molecule has 1 aliphatic rings. The molecule has 3 nitrogen and oxygen atoms in total. The lowest BCUT2D eigenvalue weighted by molar-refractivity contribution is -0.127. The first kappa shape index (κ1) is 17.5. The Hall–Kier alpha value is -0.870. The Kier molecular flexibility index (Phi) is 7.40. The quantitative estimate of drug-likeness (QED) is 0.717. The Labute approximate surface area is 142 Å². The van der Waals surface area contributed by atoms with Crippen molar-refractivity contribution >= 4 is 29.3 Å². The van der Waals surface area contributed by atoms with Gasteiger partial charge in [-0.25, -0.2) is 0 Å². The SMILES string of the molecule is CC[C@@H](Oc1cccc(Cl)c1)C(=O)NCCSC1CCCC1. The maximum absolute atomic E-state index is 12.2. The first-order chi connectivity index (χ1) is 10.7. The van der Waals surface area contributed by atoms with Crippen LogP contribution in [-0.2, 0) is 4.79 Å². The van der Waals surface area contributed by atoms with Gasteiger partial charge in [-0.1, -0.05) is 37.4 Å². The molecule has 0 unspecified atom stereocenters. The Morgan fingerprint density at radius 1 is 1.45 bits per heavy atom. The van der Waals surface area contributed by atoms with Crippen LogP contribution in [0.3, 0.4) is 0 Å². The predicted octanol–water partition coefficient (Wildman–Crippen LogP) is 4.29. The van der Waals surface area contributed by atoms with E-state index in [1.54, 1.807) is 12.1 Å². The second kappa shape index (κ2) is 9.31. The van der Waals surface area contributed by atoms with Crippen molar-refractivity contribution in [3.8, 4) is 5.75 Å². The maximum Gasteiger partial charge on any atom is 0.261 e. The van der Waals surface area contributed by atoms with Crippen molar-refractivity contribution in [2.75, 3.05) is 12.3 Å². The number of carbonyl (C=O) groups is 1. The summed E-state index contributed by atoms with van der Waals surface area (Å²) in [7, 11) is 0. The first-order valence-electron chi connectivity index (χ1n) is 8.00. The van der Waals surface area contributed by atoms with Gasteiger partial charge in [0.15, 0.2) is 6.10 Å². The van der Waals surface area contributed by atoms with Gasteiger partial charge < -0.3 is 10.1 Å². The van der Waals surface area contributed by atoms with Gasteiger partial charge in [-0.2, -0.15) is 11.8 Å².